The molecule has 0 radical (unpaired) electrons. The highest BCUT2D eigenvalue weighted by atomic mass is 16.7. The van der Waals surface area contributed by atoms with Crippen LogP contribution in [0.4, 0.5) is 4.79 Å². The van der Waals surface area contributed by atoms with Gasteiger partial charge in [-0.25, -0.2) is 4.79 Å². The van der Waals surface area contributed by atoms with Gasteiger partial charge >= 0.3 is 6.16 Å². The van der Waals surface area contributed by atoms with E-state index in [1.54, 1.807) is 13.8 Å². The van der Waals surface area contributed by atoms with Gasteiger partial charge in [-0.1, -0.05) is 25.8 Å². The second-order valence-corrected chi connectivity index (χ2v) is 5.02. The molecule has 0 saturated heterocycles. The molecule has 0 saturated carbocycles. The van der Waals surface area contributed by atoms with Crippen molar-refractivity contribution in [2.45, 2.75) is 72.0 Å². The van der Waals surface area contributed by atoms with Crippen LogP contribution in [0, 0.1) is 0 Å². The zero-order valence-electron chi connectivity index (χ0n) is 11.8. The Balaban J connectivity index is 3.97. The molecule has 0 atom stereocenters. The van der Waals surface area contributed by atoms with E-state index in [1.807, 2.05) is 19.9 Å². The van der Waals surface area contributed by atoms with Crippen LogP contribution in [0.3, 0.4) is 0 Å². The smallest absolute Gasteiger partial charge is 0.432 e. The van der Waals surface area contributed by atoms with E-state index in [2.05, 4.69) is 13.0 Å². The minimum Gasteiger partial charge on any atom is -0.432 e. The zero-order chi connectivity index (χ0) is 13.3. The Bertz CT molecular complexity index is 242. The van der Waals surface area contributed by atoms with Gasteiger partial charge in [0.15, 0.2) is 0 Å². The molecule has 3 heteroatoms. The van der Waals surface area contributed by atoms with E-state index < -0.39 is 11.8 Å². The van der Waals surface area contributed by atoms with Crippen LogP contribution < -0.4 is 0 Å². The first kappa shape index (κ1) is 16.0. The number of unbranched alkanes of at least 4 members (excludes halogenated alkanes) is 3. The predicted molar refractivity (Wildman–Crippen MR) is 70.1 cm³/mol. The van der Waals surface area contributed by atoms with E-state index in [-0.39, 0.29) is 6.10 Å². The summed E-state index contributed by atoms with van der Waals surface area (Å²) in [5.41, 5.74) is -0.599. The van der Waals surface area contributed by atoms with Gasteiger partial charge in [0.2, 0.25) is 0 Å². The highest BCUT2D eigenvalue weighted by molar-refractivity contribution is 5.61. The lowest BCUT2D eigenvalue weighted by Gasteiger charge is -2.21. The fraction of sp³-hybridized carbons (Fsp3) is 0.786. The van der Waals surface area contributed by atoms with Gasteiger partial charge in [-0.3, -0.25) is 0 Å². The Morgan fingerprint density at radius 3 is 2.47 bits per heavy atom. The van der Waals surface area contributed by atoms with Gasteiger partial charge in [0.05, 0.1) is 6.10 Å². The quantitative estimate of drug-likeness (QED) is 0.375. The summed E-state index contributed by atoms with van der Waals surface area (Å²) >= 11 is 0. The summed E-state index contributed by atoms with van der Waals surface area (Å²) in [5.74, 6) is 0. The standard InChI is InChI=1S/C14H26O3/c1-6-7-8-9-10-11-14(4,5)17-13(15)16-12(2)3/h10-12H,6-9H2,1-5H3/b11-10+. The third kappa shape index (κ3) is 9.91. The fourth-order valence-corrected chi connectivity index (χ4v) is 1.34. The average molecular weight is 242 g/mol. The molecule has 0 amide bonds. The predicted octanol–water partition coefficient (Wildman–Crippen LogP) is 4.46. The first-order valence-corrected chi connectivity index (χ1v) is 6.44. The third-order valence-corrected chi connectivity index (χ3v) is 2.17. The molecule has 0 aromatic heterocycles. The average Bonchev–Trinajstić information content (AvgIpc) is 2.14. The maximum Gasteiger partial charge on any atom is 0.509 e. The molecule has 17 heavy (non-hydrogen) atoms. The number of carbonyl (C=O) groups is 1. The van der Waals surface area contributed by atoms with E-state index in [0.29, 0.717) is 0 Å². The lowest BCUT2D eigenvalue weighted by Crippen LogP contribution is -2.27. The lowest BCUT2D eigenvalue weighted by atomic mass is 10.1. The van der Waals surface area contributed by atoms with Gasteiger partial charge in [0.1, 0.15) is 5.60 Å². The molecular formula is C14H26O3. The molecule has 0 heterocycles. The van der Waals surface area contributed by atoms with Gasteiger partial charge < -0.3 is 9.47 Å². The van der Waals surface area contributed by atoms with E-state index in [9.17, 15) is 4.79 Å². The Hall–Kier alpha value is -0.990. The number of hydrogen-bond donors (Lipinski definition) is 0. The van der Waals surface area contributed by atoms with E-state index in [0.717, 1.165) is 6.42 Å². The number of carbonyl (C=O) groups excluding carboxylic acids is 1. The minimum absolute atomic E-state index is 0.146. The summed E-state index contributed by atoms with van der Waals surface area (Å²) in [6, 6.07) is 0. The molecule has 0 aliphatic rings. The topological polar surface area (TPSA) is 35.5 Å². The van der Waals surface area contributed by atoms with Crippen molar-refractivity contribution in [3.63, 3.8) is 0 Å². The molecule has 0 aromatic carbocycles. The molecule has 0 bridgehead atoms. The summed E-state index contributed by atoms with van der Waals surface area (Å²) < 4.78 is 10.1. The molecule has 0 aliphatic heterocycles. The van der Waals surface area contributed by atoms with Crippen LogP contribution in [0.25, 0.3) is 0 Å². The highest BCUT2D eigenvalue weighted by Gasteiger charge is 2.20. The number of allylic oxidation sites excluding steroid dienone is 1. The van der Waals surface area contributed by atoms with Crippen LogP contribution in [0.2, 0.25) is 0 Å². The van der Waals surface area contributed by atoms with Crippen LogP contribution in [0.1, 0.15) is 60.3 Å². The number of rotatable bonds is 7. The molecule has 0 aromatic rings. The number of hydrogen-bond acceptors (Lipinski definition) is 3. The summed E-state index contributed by atoms with van der Waals surface area (Å²) in [6.07, 6.45) is 7.90. The zero-order valence-corrected chi connectivity index (χ0v) is 11.8. The van der Waals surface area contributed by atoms with E-state index >= 15 is 0 Å². The lowest BCUT2D eigenvalue weighted by molar-refractivity contribution is -0.00849. The normalized spacial score (nSPS) is 12.1. The Morgan fingerprint density at radius 1 is 1.29 bits per heavy atom. The molecule has 0 unspecified atom stereocenters. The molecule has 0 N–H and O–H groups in total. The van der Waals surface area contributed by atoms with Crippen LogP contribution >= 0.6 is 0 Å². The van der Waals surface area contributed by atoms with Gasteiger partial charge in [0.25, 0.3) is 0 Å². The van der Waals surface area contributed by atoms with Crippen LogP contribution in [-0.2, 0) is 9.47 Å². The largest absolute Gasteiger partial charge is 0.509 e. The summed E-state index contributed by atoms with van der Waals surface area (Å²) in [4.78, 5) is 11.3. The highest BCUT2D eigenvalue weighted by Crippen LogP contribution is 2.14. The summed E-state index contributed by atoms with van der Waals surface area (Å²) in [5, 5.41) is 0. The van der Waals surface area contributed by atoms with E-state index in [4.69, 9.17) is 9.47 Å². The maximum absolute atomic E-state index is 11.3. The molecule has 3 nitrogen and oxygen atoms in total. The van der Waals surface area contributed by atoms with Crippen molar-refractivity contribution in [2.24, 2.45) is 0 Å². The van der Waals surface area contributed by atoms with Crippen molar-refractivity contribution in [3.8, 4) is 0 Å². The minimum atomic E-state index is -0.608. The Labute approximate surface area is 105 Å². The van der Waals surface area contributed by atoms with Crippen molar-refractivity contribution in [1.82, 2.24) is 0 Å². The summed E-state index contributed by atoms with van der Waals surface area (Å²) in [6.45, 7) is 9.48. The molecule has 0 spiro atoms. The van der Waals surface area contributed by atoms with Crippen LogP contribution in [0.5, 0.6) is 0 Å². The van der Waals surface area contributed by atoms with Crippen molar-refractivity contribution >= 4 is 6.16 Å². The SMILES string of the molecule is CCCCC/C=C/C(C)(C)OC(=O)OC(C)C. The van der Waals surface area contributed by atoms with Gasteiger partial charge in [-0.15, -0.1) is 0 Å². The second-order valence-electron chi connectivity index (χ2n) is 5.02. The monoisotopic (exact) mass is 242 g/mol. The Morgan fingerprint density at radius 2 is 1.94 bits per heavy atom. The first-order chi connectivity index (χ1) is 7.87. The van der Waals surface area contributed by atoms with Crippen molar-refractivity contribution in [3.05, 3.63) is 12.2 Å². The van der Waals surface area contributed by atoms with Crippen molar-refractivity contribution in [2.75, 3.05) is 0 Å². The summed E-state index contributed by atoms with van der Waals surface area (Å²) in [7, 11) is 0. The molecule has 0 aliphatic carbocycles. The third-order valence-electron chi connectivity index (χ3n) is 2.17. The van der Waals surface area contributed by atoms with Crippen LogP contribution in [0.15, 0.2) is 12.2 Å². The molecule has 0 rings (SSSR count). The molecular weight excluding hydrogens is 216 g/mol. The van der Waals surface area contributed by atoms with Gasteiger partial charge in [0, 0.05) is 0 Å². The van der Waals surface area contributed by atoms with Crippen molar-refractivity contribution < 1.29 is 14.3 Å². The molecule has 0 fully saturated rings. The maximum atomic E-state index is 11.3. The van der Waals surface area contributed by atoms with E-state index in [1.165, 1.54) is 19.3 Å². The van der Waals surface area contributed by atoms with Crippen LogP contribution in [-0.4, -0.2) is 17.9 Å². The van der Waals surface area contributed by atoms with Gasteiger partial charge in [-0.05, 0) is 46.6 Å². The van der Waals surface area contributed by atoms with Gasteiger partial charge in [-0.2, -0.15) is 0 Å². The van der Waals surface area contributed by atoms with Crippen molar-refractivity contribution in [1.29, 1.82) is 0 Å². The fourth-order valence-electron chi connectivity index (χ4n) is 1.34. The second kappa shape index (κ2) is 8.15. The molecule has 100 valence electrons. The Kier molecular flexibility index (Phi) is 7.68. The first-order valence-electron chi connectivity index (χ1n) is 6.44. The number of ether oxygens (including phenoxy) is 2.